The van der Waals surface area contributed by atoms with Crippen LogP contribution in [0.4, 0.5) is 13.2 Å². The van der Waals surface area contributed by atoms with Crippen molar-refractivity contribution < 1.29 is 58.9 Å². The second-order valence-electron chi connectivity index (χ2n) is 10.7. The number of rotatable bonds is 10. The van der Waals surface area contributed by atoms with E-state index in [1.54, 1.807) is 0 Å². The number of nitrogens with zero attached hydrogens (tertiary/aromatic N) is 3. The highest BCUT2D eigenvalue weighted by atomic mass is 79.9. The molecule has 2 aromatic carbocycles. The van der Waals surface area contributed by atoms with Crippen LogP contribution >= 0.6 is 11.3 Å². The quantitative estimate of drug-likeness (QED) is 0.155. The first kappa shape index (κ1) is 35.9. The fraction of sp³-hybridized carbons (Fsp3) is 0.375. The Bertz CT molecular complexity index is 1740. The van der Waals surface area contributed by atoms with Crippen LogP contribution in [0.3, 0.4) is 0 Å². The van der Waals surface area contributed by atoms with E-state index in [1.165, 1.54) is 25.2 Å². The van der Waals surface area contributed by atoms with Crippen molar-refractivity contribution in [3.8, 4) is 11.5 Å². The lowest BCUT2D eigenvalue weighted by Crippen LogP contribution is -3.00. The van der Waals surface area contributed by atoms with Gasteiger partial charge >= 0.3 is 12.1 Å². The first-order chi connectivity index (χ1) is 20.8. The number of alkyl halides is 3. The van der Waals surface area contributed by atoms with E-state index in [1.807, 2.05) is 60.5 Å². The fourth-order valence-electron chi connectivity index (χ4n) is 4.78. The summed E-state index contributed by atoms with van der Waals surface area (Å²) in [5.41, 5.74) is 2.19. The number of carbonyl (C=O) groups is 2. The highest BCUT2D eigenvalue weighted by Gasteiger charge is 2.32. The summed E-state index contributed by atoms with van der Waals surface area (Å²) in [6, 6.07) is 8.49. The van der Waals surface area contributed by atoms with Gasteiger partial charge in [0.25, 0.3) is 5.91 Å². The predicted molar refractivity (Wildman–Crippen MR) is 160 cm³/mol. The molecule has 1 atom stereocenters. The summed E-state index contributed by atoms with van der Waals surface area (Å²) in [4.78, 5) is 29.5. The number of hydrogen-bond donors (Lipinski definition) is 1. The van der Waals surface area contributed by atoms with Gasteiger partial charge in [0.1, 0.15) is 23.6 Å². The van der Waals surface area contributed by atoms with Crippen molar-refractivity contribution in [1.82, 2.24) is 4.57 Å². The number of amides is 1. The summed E-state index contributed by atoms with van der Waals surface area (Å²) in [7, 11) is 0. The molecule has 1 amide bonds. The maximum absolute atomic E-state index is 13.5. The largest absolute Gasteiger partial charge is 1.00 e. The zero-order chi connectivity index (χ0) is 32.2. The van der Waals surface area contributed by atoms with Crippen LogP contribution in [0.1, 0.15) is 66.2 Å². The number of pyridine rings is 1. The Balaban J connectivity index is 0.00000552. The predicted octanol–water partition coefficient (Wildman–Crippen LogP) is 2.90. The summed E-state index contributed by atoms with van der Waals surface area (Å²) in [6.45, 7) is 9.52. The third-order valence-corrected chi connectivity index (χ3v) is 7.82. The van der Waals surface area contributed by atoms with Gasteiger partial charge in [-0.1, -0.05) is 24.7 Å². The molecule has 0 spiro atoms. The van der Waals surface area contributed by atoms with Crippen LogP contribution in [0, 0.1) is 13.8 Å². The minimum atomic E-state index is -4.66. The number of halogens is 4. The molecule has 2 aromatic heterocycles. The molecule has 242 valence electrons. The number of hydrogen-bond acceptors (Lipinski definition) is 6. The molecule has 45 heavy (non-hydrogen) atoms. The van der Waals surface area contributed by atoms with E-state index in [2.05, 4.69) is 4.99 Å². The van der Waals surface area contributed by atoms with Gasteiger partial charge in [-0.15, -0.1) is 0 Å². The number of thiazole rings is 1. The van der Waals surface area contributed by atoms with Crippen LogP contribution in [-0.2, 0) is 24.1 Å². The van der Waals surface area contributed by atoms with Gasteiger partial charge in [0, 0.05) is 25.1 Å². The van der Waals surface area contributed by atoms with Gasteiger partial charge in [0.05, 0.1) is 21.9 Å². The van der Waals surface area contributed by atoms with Gasteiger partial charge in [-0.05, 0) is 68.7 Å². The lowest BCUT2D eigenvalue weighted by molar-refractivity contribution is -0.687. The minimum Gasteiger partial charge on any atom is -1.00 e. The summed E-state index contributed by atoms with van der Waals surface area (Å²) in [5.74, 6) is -0.792. The molecular formula is C32H35BrF3N3O5S. The molecule has 0 unspecified atom stereocenters. The number of ether oxygens (including phenoxy) is 2. The van der Waals surface area contributed by atoms with Crippen molar-refractivity contribution in [3.63, 3.8) is 0 Å². The Hall–Kier alpha value is -3.55. The summed E-state index contributed by atoms with van der Waals surface area (Å²) < 4.78 is 56.1. The average Bonchev–Trinajstić information content (AvgIpc) is 3.27. The molecule has 13 heteroatoms. The van der Waals surface area contributed by atoms with Crippen molar-refractivity contribution in [2.24, 2.45) is 4.99 Å². The molecular weight excluding hydrogens is 675 g/mol. The first-order valence-electron chi connectivity index (χ1n) is 14.2. The Labute approximate surface area is 273 Å². The van der Waals surface area contributed by atoms with Crippen molar-refractivity contribution in [2.45, 2.75) is 72.8 Å². The molecule has 2 heterocycles. The number of aliphatic hydroxyl groups is 1. The Morgan fingerprint density at radius 3 is 2.42 bits per heavy atom. The average molecular weight is 711 g/mol. The van der Waals surface area contributed by atoms with E-state index >= 15 is 0 Å². The van der Waals surface area contributed by atoms with Crippen LogP contribution in [0.2, 0.25) is 0 Å². The van der Waals surface area contributed by atoms with E-state index in [-0.39, 0.29) is 40.9 Å². The van der Waals surface area contributed by atoms with Crippen LogP contribution < -0.4 is 35.8 Å². The van der Waals surface area contributed by atoms with Gasteiger partial charge in [0.15, 0.2) is 23.7 Å². The lowest BCUT2D eigenvalue weighted by Gasteiger charge is -2.13. The van der Waals surface area contributed by atoms with Crippen molar-refractivity contribution >= 4 is 33.4 Å². The number of aliphatic hydroxyl groups excluding tert-OH is 1. The molecule has 0 aliphatic heterocycles. The second kappa shape index (κ2) is 15.2. The highest BCUT2D eigenvalue weighted by molar-refractivity contribution is 7.16. The number of benzene rings is 2. The van der Waals surface area contributed by atoms with Crippen molar-refractivity contribution in [2.75, 3.05) is 6.61 Å². The molecule has 0 bridgehead atoms. The third kappa shape index (κ3) is 9.01. The van der Waals surface area contributed by atoms with Gasteiger partial charge in [-0.25, -0.2) is 0 Å². The standard InChI is InChI=1S/C32H35F3N3O5S.BrH/c1-6-7-11-38-26-17-37(16-23-13-19(2)29(20(3)14-23)43-22(5)40)12-10-28(26)44-31(38)36-30(41)25-15-24(32(33,34)35)8-9-27(25)42-18-21(4)39;/h8-10,12-15,17,21,39H,6-7,11,16,18H2,1-5H3;1H/q+1;/p-1/b36-31-;/t21-;/m0./s1. The first-order valence-corrected chi connectivity index (χ1v) is 15.0. The molecule has 0 radical (unpaired) electrons. The zero-order valence-corrected chi connectivity index (χ0v) is 28.0. The lowest BCUT2D eigenvalue weighted by atomic mass is 10.1. The highest BCUT2D eigenvalue weighted by Crippen LogP contribution is 2.33. The number of esters is 1. The molecule has 0 fully saturated rings. The number of aromatic nitrogens is 2. The maximum atomic E-state index is 13.5. The molecule has 0 aliphatic rings. The van der Waals surface area contributed by atoms with Crippen LogP contribution in [0.5, 0.6) is 11.5 Å². The molecule has 4 aromatic rings. The minimum absolute atomic E-state index is 0. The fourth-order valence-corrected chi connectivity index (χ4v) is 5.80. The number of carbonyl (C=O) groups excluding carboxylic acids is 2. The summed E-state index contributed by atoms with van der Waals surface area (Å²) in [5, 5.41) is 9.61. The van der Waals surface area contributed by atoms with Gasteiger partial charge < -0.3 is 36.1 Å². The van der Waals surface area contributed by atoms with E-state index < -0.39 is 23.8 Å². The topological polar surface area (TPSA) is 94.0 Å². The van der Waals surface area contributed by atoms with Crippen molar-refractivity contribution in [1.29, 1.82) is 0 Å². The van der Waals surface area contributed by atoms with Crippen LogP contribution in [0.25, 0.3) is 10.2 Å². The second-order valence-corrected chi connectivity index (χ2v) is 11.7. The van der Waals surface area contributed by atoms with Gasteiger partial charge in [0.2, 0.25) is 0 Å². The zero-order valence-electron chi connectivity index (χ0n) is 25.6. The number of fused-ring (bicyclic) bond motifs is 1. The molecule has 8 nitrogen and oxygen atoms in total. The smallest absolute Gasteiger partial charge is 0.416 e. The Kier molecular flexibility index (Phi) is 12.1. The number of aryl methyl sites for hydroxylation is 3. The van der Waals surface area contributed by atoms with E-state index in [0.717, 1.165) is 57.9 Å². The molecule has 0 saturated carbocycles. The van der Waals surface area contributed by atoms with Gasteiger partial charge in [-0.2, -0.15) is 22.7 Å². The molecule has 4 rings (SSSR count). The van der Waals surface area contributed by atoms with Gasteiger partial charge in [-0.3, -0.25) is 9.59 Å². The SMILES string of the molecule is CCCCn1/c(=N/C(=O)c2cc(C(F)(F)F)ccc2OC[C@H](C)O)sc2cc[n+](Cc3cc(C)c(OC(C)=O)c(C)c3)cc21.[Br-]. The third-order valence-electron chi connectivity index (χ3n) is 6.76. The molecule has 0 saturated heterocycles. The maximum Gasteiger partial charge on any atom is 0.416 e. The summed E-state index contributed by atoms with van der Waals surface area (Å²) >= 11 is 1.27. The summed E-state index contributed by atoms with van der Waals surface area (Å²) in [6.07, 6.45) is -0.0115. The monoisotopic (exact) mass is 709 g/mol. The molecule has 0 aliphatic carbocycles. The van der Waals surface area contributed by atoms with E-state index in [4.69, 9.17) is 9.47 Å². The normalized spacial score (nSPS) is 12.6. The number of unbranched alkanes of at least 4 members (excludes halogenated alkanes) is 1. The molecule has 1 N–H and O–H groups in total. The van der Waals surface area contributed by atoms with Crippen molar-refractivity contribution in [3.05, 3.63) is 81.4 Å². The van der Waals surface area contributed by atoms with Crippen LogP contribution in [-0.4, -0.2) is 34.3 Å². The van der Waals surface area contributed by atoms with Crippen LogP contribution in [0.15, 0.2) is 53.8 Å². The Morgan fingerprint density at radius 1 is 1.13 bits per heavy atom. The van der Waals surface area contributed by atoms with E-state index in [0.29, 0.717) is 23.6 Å². The van der Waals surface area contributed by atoms with E-state index in [9.17, 15) is 27.9 Å². The Morgan fingerprint density at radius 2 is 1.82 bits per heavy atom.